The summed E-state index contributed by atoms with van der Waals surface area (Å²) < 4.78 is 5.42. The molecule has 1 N–H and O–H groups in total. The average molecular weight is 291 g/mol. The van der Waals surface area contributed by atoms with Gasteiger partial charge in [-0.15, -0.1) is 0 Å². The molecule has 2 rings (SSSR count). The number of carbonyl (C=O) groups excluding carboxylic acids is 1. The molecule has 106 valence electrons. The lowest BCUT2D eigenvalue weighted by Gasteiger charge is -2.13. The third kappa shape index (κ3) is 3.84. The fourth-order valence-corrected chi connectivity index (χ4v) is 2.35. The number of oxazole rings is 1. The first-order valence-corrected chi connectivity index (χ1v) is 7.31. The van der Waals surface area contributed by atoms with E-state index in [0.29, 0.717) is 5.22 Å². The van der Waals surface area contributed by atoms with Gasteiger partial charge in [0, 0.05) is 12.4 Å². The van der Waals surface area contributed by atoms with E-state index in [4.69, 9.17) is 4.42 Å². The van der Waals surface area contributed by atoms with Crippen molar-refractivity contribution in [3.8, 4) is 0 Å². The summed E-state index contributed by atoms with van der Waals surface area (Å²) in [5, 5.41) is 3.45. The van der Waals surface area contributed by atoms with Crippen LogP contribution in [0.5, 0.6) is 0 Å². The van der Waals surface area contributed by atoms with Crippen LogP contribution in [0, 0.1) is 13.8 Å². The zero-order valence-corrected chi connectivity index (χ0v) is 12.5. The number of nitrogens with one attached hydrogen (secondary N) is 1. The van der Waals surface area contributed by atoms with Crippen LogP contribution in [-0.4, -0.2) is 21.6 Å². The van der Waals surface area contributed by atoms with E-state index in [2.05, 4.69) is 15.3 Å². The maximum atomic E-state index is 11.9. The Labute approximate surface area is 122 Å². The molecule has 0 bridgehead atoms. The Kier molecular flexibility index (Phi) is 4.79. The zero-order valence-electron chi connectivity index (χ0n) is 11.7. The molecule has 0 unspecified atom stereocenters. The van der Waals surface area contributed by atoms with Crippen LogP contribution in [0.15, 0.2) is 34.2 Å². The number of aryl methyl sites for hydroxylation is 2. The van der Waals surface area contributed by atoms with Gasteiger partial charge >= 0.3 is 0 Å². The summed E-state index contributed by atoms with van der Waals surface area (Å²) in [5.74, 6) is 1.01. The molecule has 1 atom stereocenters. The number of hydrogen-bond donors (Lipinski definition) is 1. The lowest BCUT2D eigenvalue weighted by Crippen LogP contribution is -2.28. The first kappa shape index (κ1) is 14.6. The van der Waals surface area contributed by atoms with Crippen LogP contribution in [0.4, 0.5) is 0 Å². The molecule has 2 aromatic rings. The van der Waals surface area contributed by atoms with Gasteiger partial charge in [-0.3, -0.25) is 9.78 Å². The smallest absolute Gasteiger partial charge is 0.256 e. The van der Waals surface area contributed by atoms with Crippen molar-refractivity contribution in [3.63, 3.8) is 0 Å². The molecular formula is C14H17N3O2S. The second-order valence-electron chi connectivity index (χ2n) is 4.49. The molecule has 0 aliphatic carbocycles. The van der Waals surface area contributed by atoms with Crippen LogP contribution < -0.4 is 5.32 Å². The van der Waals surface area contributed by atoms with Gasteiger partial charge in [-0.05, 0) is 32.4 Å². The molecule has 0 radical (unpaired) electrons. The van der Waals surface area contributed by atoms with Gasteiger partial charge < -0.3 is 9.73 Å². The molecule has 20 heavy (non-hydrogen) atoms. The maximum absolute atomic E-state index is 11.9. The normalized spacial score (nSPS) is 12.2. The molecule has 0 saturated heterocycles. The highest BCUT2D eigenvalue weighted by molar-refractivity contribution is 7.99. The number of aromatic nitrogens is 2. The number of hydrogen-bond acceptors (Lipinski definition) is 5. The molecule has 0 spiro atoms. The third-order valence-electron chi connectivity index (χ3n) is 2.90. The van der Waals surface area contributed by atoms with Gasteiger partial charge in [-0.1, -0.05) is 17.8 Å². The number of thioether (sulfide) groups is 1. The van der Waals surface area contributed by atoms with Gasteiger partial charge in [-0.25, -0.2) is 4.98 Å². The van der Waals surface area contributed by atoms with E-state index < -0.39 is 0 Å². The summed E-state index contributed by atoms with van der Waals surface area (Å²) in [7, 11) is 0. The molecule has 1 amide bonds. The molecule has 0 fully saturated rings. The topological polar surface area (TPSA) is 68.0 Å². The Morgan fingerprint density at radius 3 is 2.90 bits per heavy atom. The lowest BCUT2D eigenvalue weighted by atomic mass is 10.1. The van der Waals surface area contributed by atoms with Crippen LogP contribution in [-0.2, 0) is 4.79 Å². The Morgan fingerprint density at radius 1 is 1.50 bits per heavy atom. The molecule has 0 aromatic carbocycles. The van der Waals surface area contributed by atoms with Gasteiger partial charge in [-0.2, -0.15) is 0 Å². The standard InChI is InChI=1S/C14H17N3O2S/c1-9-11(3)19-14(17-9)20-8-13(18)16-10(2)12-5-4-6-15-7-12/h4-7,10H,8H2,1-3H3,(H,16,18)/t10-/m1/s1. The minimum Gasteiger partial charge on any atom is -0.437 e. The van der Waals surface area contributed by atoms with Crippen molar-refractivity contribution in [1.82, 2.24) is 15.3 Å². The van der Waals surface area contributed by atoms with Crippen LogP contribution in [0.2, 0.25) is 0 Å². The van der Waals surface area contributed by atoms with Gasteiger partial charge in [0.2, 0.25) is 5.91 Å². The van der Waals surface area contributed by atoms with Crippen molar-refractivity contribution >= 4 is 17.7 Å². The van der Waals surface area contributed by atoms with E-state index >= 15 is 0 Å². The minimum absolute atomic E-state index is 0.0557. The van der Waals surface area contributed by atoms with Crippen LogP contribution >= 0.6 is 11.8 Å². The van der Waals surface area contributed by atoms with Crippen molar-refractivity contribution in [2.24, 2.45) is 0 Å². The van der Waals surface area contributed by atoms with Gasteiger partial charge in [0.1, 0.15) is 5.76 Å². The fraction of sp³-hybridized carbons (Fsp3) is 0.357. The molecule has 2 heterocycles. The summed E-state index contributed by atoms with van der Waals surface area (Å²) in [6, 6.07) is 3.72. The summed E-state index contributed by atoms with van der Waals surface area (Å²) in [6.45, 7) is 5.67. The monoisotopic (exact) mass is 291 g/mol. The average Bonchev–Trinajstić information content (AvgIpc) is 2.76. The van der Waals surface area contributed by atoms with Crippen molar-refractivity contribution in [1.29, 1.82) is 0 Å². The van der Waals surface area contributed by atoms with E-state index in [1.165, 1.54) is 11.8 Å². The van der Waals surface area contributed by atoms with E-state index in [-0.39, 0.29) is 17.7 Å². The van der Waals surface area contributed by atoms with Crippen molar-refractivity contribution in [2.75, 3.05) is 5.75 Å². The molecule has 0 aliphatic rings. The van der Waals surface area contributed by atoms with Crippen molar-refractivity contribution < 1.29 is 9.21 Å². The molecule has 5 nitrogen and oxygen atoms in total. The summed E-state index contributed by atoms with van der Waals surface area (Å²) >= 11 is 1.30. The third-order valence-corrected chi connectivity index (χ3v) is 3.73. The van der Waals surface area contributed by atoms with E-state index in [1.54, 1.807) is 12.4 Å². The van der Waals surface area contributed by atoms with E-state index in [1.807, 2.05) is 32.9 Å². The van der Waals surface area contributed by atoms with Crippen molar-refractivity contribution in [3.05, 3.63) is 41.5 Å². The Hall–Kier alpha value is -1.82. The first-order chi connectivity index (χ1) is 9.56. The molecule has 0 saturated carbocycles. The van der Waals surface area contributed by atoms with Gasteiger partial charge in [0.05, 0.1) is 17.5 Å². The summed E-state index contributed by atoms with van der Waals surface area (Å²) in [5.41, 5.74) is 1.84. The largest absolute Gasteiger partial charge is 0.437 e. The van der Waals surface area contributed by atoms with E-state index in [0.717, 1.165) is 17.0 Å². The predicted octanol–water partition coefficient (Wildman–Crippen LogP) is 2.66. The molecular weight excluding hydrogens is 274 g/mol. The fourth-order valence-electron chi connectivity index (χ4n) is 1.63. The van der Waals surface area contributed by atoms with Crippen LogP contribution in [0.3, 0.4) is 0 Å². The highest BCUT2D eigenvalue weighted by atomic mass is 32.2. The number of rotatable bonds is 5. The van der Waals surface area contributed by atoms with Gasteiger partial charge in [0.15, 0.2) is 0 Å². The lowest BCUT2D eigenvalue weighted by molar-refractivity contribution is -0.119. The highest BCUT2D eigenvalue weighted by Crippen LogP contribution is 2.20. The zero-order chi connectivity index (χ0) is 14.5. The van der Waals surface area contributed by atoms with Crippen molar-refractivity contribution in [2.45, 2.75) is 32.0 Å². The Balaban J connectivity index is 1.84. The van der Waals surface area contributed by atoms with Crippen LogP contribution in [0.25, 0.3) is 0 Å². The van der Waals surface area contributed by atoms with Gasteiger partial charge in [0.25, 0.3) is 5.22 Å². The SMILES string of the molecule is Cc1nc(SCC(=O)N[C@H](C)c2cccnc2)oc1C. The Bertz CT molecular complexity index is 564. The molecule has 2 aromatic heterocycles. The second kappa shape index (κ2) is 6.56. The quantitative estimate of drug-likeness (QED) is 0.858. The second-order valence-corrected chi connectivity index (χ2v) is 5.41. The molecule has 0 aliphatic heterocycles. The number of nitrogens with zero attached hydrogens (tertiary/aromatic N) is 2. The summed E-state index contributed by atoms with van der Waals surface area (Å²) in [6.07, 6.45) is 3.46. The molecule has 6 heteroatoms. The number of carbonyl (C=O) groups is 1. The van der Waals surface area contributed by atoms with Crippen LogP contribution in [0.1, 0.15) is 30.0 Å². The maximum Gasteiger partial charge on any atom is 0.256 e. The number of amides is 1. The first-order valence-electron chi connectivity index (χ1n) is 6.32. The number of pyridine rings is 1. The highest BCUT2D eigenvalue weighted by Gasteiger charge is 2.12. The minimum atomic E-state index is -0.0650. The summed E-state index contributed by atoms with van der Waals surface area (Å²) in [4.78, 5) is 20.1. The van der Waals surface area contributed by atoms with E-state index in [9.17, 15) is 4.79 Å². The Morgan fingerprint density at radius 2 is 2.30 bits per heavy atom. The predicted molar refractivity (Wildman–Crippen MR) is 77.5 cm³/mol.